The lowest BCUT2D eigenvalue weighted by Crippen LogP contribution is -2.09. The Hall–Kier alpha value is -1.14. The van der Waals surface area contributed by atoms with Crippen molar-refractivity contribution >= 4 is 0 Å². The highest BCUT2D eigenvalue weighted by Gasteiger charge is 1.89. The Balaban J connectivity index is 4.95. The number of nitriles is 2. The second-order valence-electron chi connectivity index (χ2n) is 1.42. The summed E-state index contributed by atoms with van der Waals surface area (Å²) in [7, 11) is 0. The first-order valence-corrected chi connectivity index (χ1v) is 3.05. The van der Waals surface area contributed by atoms with Gasteiger partial charge in [-0.1, -0.05) is 0 Å². The molecule has 0 rings (SSSR count). The second-order valence-corrected chi connectivity index (χ2v) is 1.42. The molecule has 0 N–H and O–H groups in total. The van der Waals surface area contributed by atoms with Crippen LogP contribution in [0, 0.1) is 22.7 Å². The van der Waals surface area contributed by atoms with Gasteiger partial charge >= 0.3 is 0 Å². The predicted octanol–water partition coefficient (Wildman–Crippen LogP) is 0.0834. The van der Waals surface area contributed by atoms with Gasteiger partial charge in [0.05, 0.1) is 49.4 Å². The summed E-state index contributed by atoms with van der Waals surface area (Å²) in [4.78, 5) is 0. The lowest BCUT2D eigenvalue weighted by atomic mass is 10.7. The summed E-state index contributed by atoms with van der Waals surface area (Å²) < 4.78 is 70.6. The van der Waals surface area contributed by atoms with Gasteiger partial charge in [-0.3, -0.25) is 0 Å². The molecule has 0 heterocycles. The van der Waals surface area contributed by atoms with Crippen LogP contribution in [0.5, 0.6) is 0 Å². The molecule has 0 aliphatic carbocycles. The van der Waals surface area contributed by atoms with Crippen LogP contribution in [0.15, 0.2) is 0 Å². The summed E-state index contributed by atoms with van der Waals surface area (Å²) in [5.41, 5.74) is 0. The van der Waals surface area contributed by atoms with Gasteiger partial charge in [-0.2, -0.15) is 10.5 Å². The summed E-state index contributed by atoms with van der Waals surface area (Å²) in [6.45, 7) is -14.2. The molecular formula is C8H12N2O3. The van der Waals surface area contributed by atoms with Crippen molar-refractivity contribution in [3.63, 3.8) is 0 Å². The van der Waals surface area contributed by atoms with Crippen LogP contribution in [0.4, 0.5) is 0 Å². The van der Waals surface area contributed by atoms with E-state index in [-0.39, 0.29) is 0 Å². The van der Waals surface area contributed by atoms with E-state index in [1.165, 1.54) is 0 Å². The van der Waals surface area contributed by atoms with Crippen LogP contribution < -0.4 is 0 Å². The van der Waals surface area contributed by atoms with E-state index < -0.39 is 39.4 Å². The first-order chi connectivity index (χ1) is 9.29. The molecule has 0 unspecified atom stereocenters. The van der Waals surface area contributed by atoms with Crippen molar-refractivity contribution in [2.75, 3.05) is 39.4 Å². The molecule has 0 aromatic carbocycles. The number of rotatable bonds is 8. The molecule has 5 nitrogen and oxygen atoms in total. The van der Waals surface area contributed by atoms with Crippen LogP contribution in [0.3, 0.4) is 0 Å². The van der Waals surface area contributed by atoms with E-state index in [4.69, 9.17) is 21.5 Å². The number of nitrogens with zero attached hydrogens (tertiary/aromatic N) is 2. The fourth-order valence-electron chi connectivity index (χ4n) is 0.294. The van der Waals surface area contributed by atoms with E-state index in [1.54, 1.807) is 6.07 Å². The molecule has 0 aliphatic heterocycles. The molecule has 0 bridgehead atoms. The highest BCUT2D eigenvalue weighted by Crippen LogP contribution is 1.79. The third kappa shape index (κ3) is 10.9. The highest BCUT2D eigenvalue weighted by molar-refractivity contribution is 4.66. The van der Waals surface area contributed by atoms with Crippen molar-refractivity contribution in [1.82, 2.24) is 0 Å². The zero-order valence-electron chi connectivity index (χ0n) is 14.5. The molecule has 0 aromatic heterocycles. The Bertz CT molecular complexity index is 442. The van der Waals surface area contributed by atoms with Gasteiger partial charge in [0.2, 0.25) is 0 Å². The summed E-state index contributed by atoms with van der Waals surface area (Å²) in [6, 6.07) is 2.52. The molecule has 72 valence electrons. The zero-order chi connectivity index (χ0) is 16.9. The normalized spacial score (nSPS) is 22.6. The molecular weight excluding hydrogens is 172 g/mol. The van der Waals surface area contributed by atoms with E-state index in [0.717, 1.165) is 6.07 Å². The fourth-order valence-corrected chi connectivity index (χ4v) is 0.294. The average molecular weight is 192 g/mol. The SMILES string of the molecule is [2H]C([2H])(C#N)OC([2H])([2H])C([2H])([2H])OC([2H])([2H])COCC#N. The van der Waals surface area contributed by atoms with Crippen molar-refractivity contribution in [2.24, 2.45) is 0 Å². The van der Waals surface area contributed by atoms with Crippen LogP contribution in [-0.2, 0) is 14.2 Å². The minimum absolute atomic E-state index is 0.480. The van der Waals surface area contributed by atoms with Crippen LogP contribution in [0.1, 0.15) is 11.0 Å². The fraction of sp³-hybridized carbons (Fsp3) is 0.750. The van der Waals surface area contributed by atoms with Crippen molar-refractivity contribution < 1.29 is 25.2 Å². The van der Waals surface area contributed by atoms with Gasteiger partial charge in [0.1, 0.15) is 13.2 Å². The molecule has 0 saturated carbocycles. The Morgan fingerprint density at radius 1 is 1.00 bits per heavy atom. The minimum Gasteiger partial charge on any atom is -0.377 e. The van der Waals surface area contributed by atoms with Gasteiger partial charge in [0, 0.05) is 0 Å². The number of hydrogen-bond donors (Lipinski definition) is 0. The van der Waals surface area contributed by atoms with Crippen LogP contribution in [0.2, 0.25) is 0 Å². The maximum Gasteiger partial charge on any atom is 0.133 e. The lowest BCUT2D eigenvalue weighted by molar-refractivity contribution is 0.0266. The third-order valence-electron chi connectivity index (χ3n) is 0.640. The van der Waals surface area contributed by atoms with Gasteiger partial charge < -0.3 is 14.2 Å². The molecule has 0 aromatic rings. The third-order valence-corrected chi connectivity index (χ3v) is 0.640. The van der Waals surface area contributed by atoms with Crippen LogP contribution in [0.25, 0.3) is 0 Å². The monoisotopic (exact) mass is 192 g/mol. The predicted molar refractivity (Wildman–Crippen MR) is 43.7 cm³/mol. The van der Waals surface area contributed by atoms with E-state index >= 15 is 0 Å². The smallest absolute Gasteiger partial charge is 0.133 e. The second kappa shape index (κ2) is 10.9. The topological polar surface area (TPSA) is 75.3 Å². The van der Waals surface area contributed by atoms with Gasteiger partial charge in [-0.25, -0.2) is 0 Å². The van der Waals surface area contributed by atoms with Crippen molar-refractivity contribution in [3.05, 3.63) is 0 Å². The molecule has 5 heteroatoms. The van der Waals surface area contributed by atoms with E-state index in [2.05, 4.69) is 14.2 Å². The first-order valence-electron chi connectivity index (χ1n) is 7.05. The quantitative estimate of drug-likeness (QED) is 0.509. The van der Waals surface area contributed by atoms with Crippen LogP contribution >= 0.6 is 0 Å². The summed E-state index contributed by atoms with van der Waals surface area (Å²) in [6.07, 6.45) is 0. The Morgan fingerprint density at radius 3 is 2.46 bits per heavy atom. The maximum atomic E-state index is 8.39. The molecule has 0 aliphatic rings. The molecule has 0 fully saturated rings. The number of ether oxygens (including phenoxy) is 3. The Kier molecular flexibility index (Phi) is 3.29. The van der Waals surface area contributed by atoms with Crippen molar-refractivity contribution in [1.29, 1.82) is 10.5 Å². The van der Waals surface area contributed by atoms with Crippen molar-refractivity contribution in [2.45, 2.75) is 0 Å². The van der Waals surface area contributed by atoms with Crippen molar-refractivity contribution in [3.8, 4) is 12.1 Å². The minimum atomic E-state index is -3.46. The first kappa shape index (κ1) is 3.93. The summed E-state index contributed by atoms with van der Waals surface area (Å²) >= 11 is 0. The lowest BCUT2D eigenvalue weighted by Gasteiger charge is -2.02. The Labute approximate surface area is 88.7 Å². The summed E-state index contributed by atoms with van der Waals surface area (Å²) in [5.74, 6) is 0. The van der Waals surface area contributed by atoms with E-state index in [0.29, 0.717) is 0 Å². The maximum absolute atomic E-state index is 8.39. The van der Waals surface area contributed by atoms with Gasteiger partial charge in [0.15, 0.2) is 0 Å². The zero-order valence-corrected chi connectivity index (χ0v) is 6.53. The molecule has 0 radical (unpaired) electrons. The molecule has 0 amide bonds. The molecule has 0 saturated heterocycles. The highest BCUT2D eigenvalue weighted by atomic mass is 16.5. The molecule has 13 heavy (non-hydrogen) atoms. The Morgan fingerprint density at radius 2 is 1.77 bits per heavy atom. The van der Waals surface area contributed by atoms with Gasteiger partial charge in [0.25, 0.3) is 0 Å². The van der Waals surface area contributed by atoms with E-state index in [9.17, 15) is 0 Å². The molecule has 0 spiro atoms. The molecule has 0 atom stereocenters. The number of hydrogen-bond acceptors (Lipinski definition) is 5. The standard InChI is InChI=1S/C8H12N2O3/c9-1-3-11-5-7-13-8-6-12-4-2-10/h3-8H2/i3D2,5D2,7D2,8D2. The van der Waals surface area contributed by atoms with Gasteiger partial charge in [-0.05, 0) is 0 Å². The summed E-state index contributed by atoms with van der Waals surface area (Å²) in [5, 5.41) is 16.6. The van der Waals surface area contributed by atoms with Crippen LogP contribution in [-0.4, -0.2) is 39.4 Å². The average Bonchev–Trinajstić information content (AvgIpc) is 2.26. The van der Waals surface area contributed by atoms with E-state index in [1.807, 2.05) is 0 Å². The largest absolute Gasteiger partial charge is 0.377 e. The van der Waals surface area contributed by atoms with Gasteiger partial charge in [-0.15, -0.1) is 0 Å².